The summed E-state index contributed by atoms with van der Waals surface area (Å²) in [6.45, 7) is 7.39. The zero-order chi connectivity index (χ0) is 13.2. The molecule has 94 valence electrons. The number of aryl methyl sites for hydroxylation is 1. The highest BCUT2D eigenvalue weighted by Crippen LogP contribution is 2.20. The fraction of sp³-hybridized carbons (Fsp3) is 0.500. The van der Waals surface area contributed by atoms with Crippen molar-refractivity contribution in [3.63, 3.8) is 0 Å². The van der Waals surface area contributed by atoms with Crippen molar-refractivity contribution >= 4 is 27.7 Å². The number of hydrogen-bond donors (Lipinski definition) is 0. The minimum Gasteiger partial charge on any atom is -0.443 e. The topological polar surface area (TPSA) is 42.4 Å². The largest absolute Gasteiger partial charge is 0.443 e. The number of rotatable bonds is 1. The Morgan fingerprint density at radius 1 is 1.41 bits per heavy atom. The van der Waals surface area contributed by atoms with Gasteiger partial charge in [0.25, 0.3) is 0 Å². The maximum atomic E-state index is 11.8. The number of carbonyl (C=O) groups is 1. The summed E-state index contributed by atoms with van der Waals surface area (Å²) < 4.78 is 5.98. The molecule has 0 bridgehead atoms. The molecule has 1 rings (SSSR count). The van der Waals surface area contributed by atoms with E-state index in [0.717, 1.165) is 11.4 Å². The van der Waals surface area contributed by atoms with E-state index in [1.165, 1.54) is 4.90 Å². The molecule has 1 aromatic heterocycles. The predicted molar refractivity (Wildman–Crippen MR) is 71.3 cm³/mol. The quantitative estimate of drug-likeness (QED) is 0.745. The van der Waals surface area contributed by atoms with Crippen LogP contribution in [0.2, 0.25) is 0 Å². The Balaban J connectivity index is 2.89. The summed E-state index contributed by atoms with van der Waals surface area (Å²) in [7, 11) is 1.68. The van der Waals surface area contributed by atoms with Gasteiger partial charge in [0.05, 0.1) is 5.69 Å². The summed E-state index contributed by atoms with van der Waals surface area (Å²) in [5, 5.41) is 0. The molecular formula is C12H17BrN2O2. The van der Waals surface area contributed by atoms with Crippen LogP contribution in [-0.2, 0) is 4.74 Å². The normalized spacial score (nSPS) is 11.2. The molecule has 0 unspecified atom stereocenters. The lowest BCUT2D eigenvalue weighted by Crippen LogP contribution is -2.34. The van der Waals surface area contributed by atoms with Gasteiger partial charge in [0, 0.05) is 12.7 Å². The number of ether oxygens (including phenoxy) is 1. The Labute approximate surface area is 110 Å². The highest BCUT2D eigenvalue weighted by atomic mass is 79.9. The predicted octanol–water partition coefficient (Wildman–Crippen LogP) is 3.52. The van der Waals surface area contributed by atoms with Crippen molar-refractivity contribution in [2.24, 2.45) is 0 Å². The first-order valence-electron chi connectivity index (χ1n) is 5.30. The van der Waals surface area contributed by atoms with Gasteiger partial charge in [0.2, 0.25) is 0 Å². The van der Waals surface area contributed by atoms with E-state index in [9.17, 15) is 4.79 Å². The number of nitrogens with zero attached hydrogens (tertiary/aromatic N) is 2. The van der Waals surface area contributed by atoms with E-state index in [4.69, 9.17) is 4.74 Å². The molecule has 0 aliphatic rings. The summed E-state index contributed by atoms with van der Waals surface area (Å²) in [5.74, 6) is 0. The van der Waals surface area contributed by atoms with Crippen molar-refractivity contribution < 1.29 is 9.53 Å². The third kappa shape index (κ3) is 4.34. The van der Waals surface area contributed by atoms with Gasteiger partial charge in [0.1, 0.15) is 10.2 Å². The maximum Gasteiger partial charge on any atom is 0.414 e. The van der Waals surface area contributed by atoms with Crippen molar-refractivity contribution in [2.45, 2.75) is 33.3 Å². The molecule has 5 heteroatoms. The van der Waals surface area contributed by atoms with Gasteiger partial charge in [-0.1, -0.05) is 0 Å². The first kappa shape index (κ1) is 14.0. The van der Waals surface area contributed by atoms with Crippen LogP contribution in [0.4, 0.5) is 10.5 Å². The molecule has 0 aliphatic carbocycles. The lowest BCUT2D eigenvalue weighted by Gasteiger charge is -2.24. The van der Waals surface area contributed by atoms with Gasteiger partial charge in [-0.25, -0.2) is 9.78 Å². The smallest absolute Gasteiger partial charge is 0.414 e. The molecule has 0 N–H and O–H groups in total. The Bertz CT molecular complexity index is 407. The molecule has 1 aromatic rings. The van der Waals surface area contributed by atoms with Crippen LogP contribution >= 0.6 is 15.9 Å². The number of anilines is 1. The highest BCUT2D eigenvalue weighted by molar-refractivity contribution is 9.10. The second-order valence-electron chi connectivity index (χ2n) is 4.83. The minimum atomic E-state index is -0.495. The van der Waals surface area contributed by atoms with Crippen LogP contribution in [0.3, 0.4) is 0 Å². The van der Waals surface area contributed by atoms with E-state index in [2.05, 4.69) is 20.9 Å². The van der Waals surface area contributed by atoms with Crippen molar-refractivity contribution in [1.29, 1.82) is 0 Å². The van der Waals surface area contributed by atoms with Gasteiger partial charge in [-0.3, -0.25) is 4.90 Å². The second-order valence-corrected chi connectivity index (χ2v) is 5.64. The number of hydrogen-bond acceptors (Lipinski definition) is 3. The van der Waals surface area contributed by atoms with Crippen molar-refractivity contribution in [3.05, 3.63) is 22.4 Å². The molecule has 1 heterocycles. The van der Waals surface area contributed by atoms with Gasteiger partial charge >= 0.3 is 6.09 Å². The first-order chi connectivity index (χ1) is 7.69. The van der Waals surface area contributed by atoms with Crippen LogP contribution in [0.1, 0.15) is 26.5 Å². The molecule has 1 amide bonds. The number of aromatic nitrogens is 1. The fourth-order valence-corrected chi connectivity index (χ4v) is 1.75. The van der Waals surface area contributed by atoms with Crippen molar-refractivity contribution in [1.82, 2.24) is 4.98 Å². The van der Waals surface area contributed by atoms with Crippen molar-refractivity contribution in [3.8, 4) is 0 Å². The maximum absolute atomic E-state index is 11.8. The molecule has 0 radical (unpaired) electrons. The Hall–Kier alpha value is -1.10. The zero-order valence-corrected chi connectivity index (χ0v) is 12.3. The molecule has 0 aliphatic heterocycles. The lowest BCUT2D eigenvalue weighted by atomic mass is 10.2. The van der Waals surface area contributed by atoms with E-state index >= 15 is 0 Å². The fourth-order valence-electron chi connectivity index (χ4n) is 1.24. The molecule has 4 nitrogen and oxygen atoms in total. The summed E-state index contributed by atoms with van der Waals surface area (Å²) in [6.07, 6.45) is -0.380. The Morgan fingerprint density at radius 3 is 2.47 bits per heavy atom. The SMILES string of the molecule is Cc1cc(N(C)C(=O)OC(C)(C)C)cc(Br)n1. The molecule has 0 atom stereocenters. The van der Waals surface area contributed by atoms with Crippen molar-refractivity contribution in [2.75, 3.05) is 11.9 Å². The average molecular weight is 301 g/mol. The Morgan fingerprint density at radius 2 is 2.00 bits per heavy atom. The zero-order valence-electron chi connectivity index (χ0n) is 10.7. The van der Waals surface area contributed by atoms with E-state index in [-0.39, 0.29) is 6.09 Å². The summed E-state index contributed by atoms with van der Waals surface area (Å²) in [6, 6.07) is 3.60. The molecule has 0 aromatic carbocycles. The van der Waals surface area contributed by atoms with Crippen LogP contribution in [0.25, 0.3) is 0 Å². The van der Waals surface area contributed by atoms with Crippen LogP contribution in [0.15, 0.2) is 16.7 Å². The van der Waals surface area contributed by atoms with Gasteiger partial charge in [-0.2, -0.15) is 0 Å². The van der Waals surface area contributed by atoms with Crippen LogP contribution < -0.4 is 4.90 Å². The van der Waals surface area contributed by atoms with Gasteiger partial charge < -0.3 is 4.74 Å². The number of halogens is 1. The third-order valence-electron chi connectivity index (χ3n) is 1.96. The van der Waals surface area contributed by atoms with Crippen LogP contribution in [0.5, 0.6) is 0 Å². The van der Waals surface area contributed by atoms with E-state index < -0.39 is 5.60 Å². The molecule has 17 heavy (non-hydrogen) atoms. The van der Waals surface area contributed by atoms with Gasteiger partial charge in [-0.15, -0.1) is 0 Å². The average Bonchev–Trinajstić information content (AvgIpc) is 2.12. The van der Waals surface area contributed by atoms with Gasteiger partial charge in [-0.05, 0) is 55.8 Å². The summed E-state index contributed by atoms with van der Waals surface area (Å²) in [5.41, 5.74) is 1.09. The third-order valence-corrected chi connectivity index (χ3v) is 2.37. The van der Waals surface area contributed by atoms with Gasteiger partial charge in [0.15, 0.2) is 0 Å². The highest BCUT2D eigenvalue weighted by Gasteiger charge is 2.20. The van der Waals surface area contributed by atoms with Crippen LogP contribution in [-0.4, -0.2) is 23.7 Å². The van der Waals surface area contributed by atoms with E-state index in [1.54, 1.807) is 13.1 Å². The standard InChI is InChI=1S/C12H17BrN2O2/c1-8-6-9(7-10(13)14-8)15(5)11(16)17-12(2,3)4/h6-7H,1-5H3. The van der Waals surface area contributed by atoms with E-state index in [1.807, 2.05) is 33.8 Å². The second kappa shape index (κ2) is 5.04. The first-order valence-corrected chi connectivity index (χ1v) is 6.09. The lowest BCUT2D eigenvalue weighted by molar-refractivity contribution is 0.0589. The minimum absolute atomic E-state index is 0.380. The molecule has 0 saturated carbocycles. The monoisotopic (exact) mass is 300 g/mol. The molecule has 0 saturated heterocycles. The van der Waals surface area contributed by atoms with E-state index in [0.29, 0.717) is 4.60 Å². The summed E-state index contributed by atoms with van der Waals surface area (Å²) >= 11 is 3.30. The number of amides is 1. The van der Waals surface area contributed by atoms with Crippen LogP contribution in [0, 0.1) is 6.92 Å². The molecule has 0 fully saturated rings. The molecule has 0 spiro atoms. The molecular weight excluding hydrogens is 284 g/mol. The number of pyridine rings is 1. The number of carbonyl (C=O) groups excluding carboxylic acids is 1. The Kier molecular flexibility index (Phi) is 4.14. The summed E-state index contributed by atoms with van der Waals surface area (Å²) in [4.78, 5) is 17.5.